The molecule has 0 bridgehead atoms. The summed E-state index contributed by atoms with van der Waals surface area (Å²) in [5, 5.41) is 5.17. The molecular weight excluding hydrogens is 263 g/mol. The van der Waals surface area contributed by atoms with E-state index in [-0.39, 0.29) is 5.82 Å². The molecule has 1 aromatic heterocycles. The molecule has 5 heteroatoms. The van der Waals surface area contributed by atoms with Crippen LogP contribution in [0.1, 0.15) is 25.1 Å². The lowest BCUT2D eigenvalue weighted by Gasteiger charge is -2.10. The quantitative estimate of drug-likeness (QED) is 0.881. The predicted octanol–water partition coefficient (Wildman–Crippen LogP) is 3.36. The van der Waals surface area contributed by atoms with Gasteiger partial charge in [0.2, 0.25) is 0 Å². The van der Waals surface area contributed by atoms with Gasteiger partial charge in [0.1, 0.15) is 18.2 Å². The molecule has 102 valence electrons. The van der Waals surface area contributed by atoms with Gasteiger partial charge in [-0.05, 0) is 17.7 Å². The summed E-state index contributed by atoms with van der Waals surface area (Å²) in [6, 6.07) is 5.13. The van der Waals surface area contributed by atoms with Crippen molar-refractivity contribution < 1.29 is 9.13 Å². The van der Waals surface area contributed by atoms with E-state index in [4.69, 9.17) is 4.74 Å². The lowest BCUT2D eigenvalue weighted by atomic mass is 10.2. The highest BCUT2D eigenvalue weighted by Crippen LogP contribution is 2.18. The summed E-state index contributed by atoms with van der Waals surface area (Å²) in [6.45, 7) is 5.10. The molecule has 0 unspecified atom stereocenters. The number of nitrogens with zero attached hydrogens (tertiary/aromatic N) is 1. The number of aromatic nitrogens is 1. The largest absolute Gasteiger partial charge is 0.487 e. The molecule has 0 saturated heterocycles. The van der Waals surface area contributed by atoms with Gasteiger partial charge >= 0.3 is 0 Å². The van der Waals surface area contributed by atoms with Gasteiger partial charge in [-0.1, -0.05) is 13.8 Å². The Morgan fingerprint density at radius 1 is 1.37 bits per heavy atom. The standard InChI is InChI=1S/C14H17FN2OS/c1-10(2)16-6-11-3-12(15)5-14(4-11)18-7-13-8-19-9-17-13/h3-5,8-10,16H,6-7H2,1-2H3. The fourth-order valence-electron chi connectivity index (χ4n) is 1.59. The third-order valence-electron chi connectivity index (χ3n) is 2.52. The summed E-state index contributed by atoms with van der Waals surface area (Å²) in [6.07, 6.45) is 0. The van der Waals surface area contributed by atoms with Crippen LogP contribution in [0.5, 0.6) is 5.75 Å². The Morgan fingerprint density at radius 2 is 2.21 bits per heavy atom. The molecule has 0 aliphatic carbocycles. The van der Waals surface area contributed by atoms with E-state index in [1.807, 2.05) is 11.4 Å². The predicted molar refractivity (Wildman–Crippen MR) is 74.8 cm³/mol. The van der Waals surface area contributed by atoms with Crippen LogP contribution in [0, 0.1) is 5.82 Å². The van der Waals surface area contributed by atoms with Crippen LogP contribution < -0.4 is 10.1 Å². The Morgan fingerprint density at radius 3 is 2.89 bits per heavy atom. The highest BCUT2D eigenvalue weighted by molar-refractivity contribution is 7.07. The molecule has 1 heterocycles. The molecule has 0 radical (unpaired) electrons. The highest BCUT2D eigenvalue weighted by Gasteiger charge is 2.04. The summed E-state index contributed by atoms with van der Waals surface area (Å²) >= 11 is 1.52. The first kappa shape index (κ1) is 14.0. The maximum Gasteiger partial charge on any atom is 0.131 e. The number of nitrogens with one attached hydrogen (secondary N) is 1. The molecule has 19 heavy (non-hydrogen) atoms. The van der Waals surface area contributed by atoms with Crippen molar-refractivity contribution in [2.24, 2.45) is 0 Å². The summed E-state index contributed by atoms with van der Waals surface area (Å²) in [7, 11) is 0. The maximum atomic E-state index is 13.5. The van der Waals surface area contributed by atoms with Crippen LogP contribution in [0.15, 0.2) is 29.1 Å². The molecule has 3 nitrogen and oxygen atoms in total. The van der Waals surface area contributed by atoms with Gasteiger partial charge in [0, 0.05) is 24.0 Å². The third-order valence-corrected chi connectivity index (χ3v) is 3.15. The van der Waals surface area contributed by atoms with E-state index in [1.54, 1.807) is 5.51 Å². The summed E-state index contributed by atoms with van der Waals surface area (Å²) < 4.78 is 19.1. The van der Waals surface area contributed by atoms with Gasteiger partial charge in [-0.2, -0.15) is 0 Å². The van der Waals surface area contributed by atoms with Crippen LogP contribution in [0.25, 0.3) is 0 Å². The molecule has 1 aromatic carbocycles. The van der Waals surface area contributed by atoms with Crippen LogP contribution in [0.3, 0.4) is 0 Å². The van der Waals surface area contributed by atoms with E-state index in [9.17, 15) is 4.39 Å². The van der Waals surface area contributed by atoms with Gasteiger partial charge in [-0.25, -0.2) is 9.37 Å². The minimum absolute atomic E-state index is 0.281. The first-order chi connectivity index (χ1) is 9.13. The minimum Gasteiger partial charge on any atom is -0.487 e. The van der Waals surface area contributed by atoms with E-state index >= 15 is 0 Å². The second kappa shape index (κ2) is 6.63. The smallest absolute Gasteiger partial charge is 0.131 e. The molecule has 0 aliphatic rings. The lowest BCUT2D eigenvalue weighted by Crippen LogP contribution is -2.21. The number of hydrogen-bond acceptors (Lipinski definition) is 4. The Bertz CT molecular complexity index is 514. The SMILES string of the molecule is CC(C)NCc1cc(F)cc(OCc2cscn2)c1. The van der Waals surface area contributed by atoms with Crippen LogP contribution in [-0.2, 0) is 13.2 Å². The fraction of sp³-hybridized carbons (Fsp3) is 0.357. The first-order valence-electron chi connectivity index (χ1n) is 6.16. The van der Waals surface area contributed by atoms with Crippen molar-refractivity contribution in [3.05, 3.63) is 46.2 Å². The zero-order chi connectivity index (χ0) is 13.7. The van der Waals surface area contributed by atoms with Crippen molar-refractivity contribution in [3.8, 4) is 5.75 Å². The van der Waals surface area contributed by atoms with Crippen molar-refractivity contribution in [1.29, 1.82) is 0 Å². The zero-order valence-electron chi connectivity index (χ0n) is 11.0. The van der Waals surface area contributed by atoms with Gasteiger partial charge in [0.25, 0.3) is 0 Å². The van der Waals surface area contributed by atoms with Gasteiger partial charge < -0.3 is 10.1 Å². The number of benzene rings is 1. The van der Waals surface area contributed by atoms with Crippen molar-refractivity contribution in [2.45, 2.75) is 33.0 Å². The van der Waals surface area contributed by atoms with Crippen LogP contribution in [0.4, 0.5) is 4.39 Å². The molecule has 0 amide bonds. The van der Waals surface area contributed by atoms with Crippen molar-refractivity contribution >= 4 is 11.3 Å². The van der Waals surface area contributed by atoms with Crippen LogP contribution >= 0.6 is 11.3 Å². The molecule has 0 fully saturated rings. The fourth-order valence-corrected chi connectivity index (χ4v) is 2.14. The van der Waals surface area contributed by atoms with Gasteiger partial charge in [0.05, 0.1) is 11.2 Å². The second-order valence-corrected chi connectivity index (χ2v) is 5.32. The normalized spacial score (nSPS) is 10.9. The van der Waals surface area contributed by atoms with Crippen molar-refractivity contribution in [2.75, 3.05) is 0 Å². The van der Waals surface area contributed by atoms with Gasteiger partial charge in [0.15, 0.2) is 0 Å². The first-order valence-corrected chi connectivity index (χ1v) is 7.10. The van der Waals surface area contributed by atoms with Crippen LogP contribution in [0.2, 0.25) is 0 Å². The highest BCUT2D eigenvalue weighted by atomic mass is 32.1. The number of thiazole rings is 1. The summed E-state index contributed by atoms with van der Waals surface area (Å²) in [4.78, 5) is 4.12. The Labute approximate surface area is 116 Å². The van der Waals surface area contributed by atoms with E-state index in [2.05, 4.69) is 24.1 Å². The minimum atomic E-state index is -0.281. The molecule has 0 saturated carbocycles. The molecule has 0 aliphatic heterocycles. The average molecular weight is 280 g/mol. The van der Waals surface area contributed by atoms with Crippen molar-refractivity contribution in [3.63, 3.8) is 0 Å². The topological polar surface area (TPSA) is 34.1 Å². The van der Waals surface area contributed by atoms with E-state index in [1.165, 1.54) is 23.5 Å². The third kappa shape index (κ3) is 4.61. The molecule has 2 aromatic rings. The van der Waals surface area contributed by atoms with E-state index in [0.29, 0.717) is 24.9 Å². The number of hydrogen-bond donors (Lipinski definition) is 1. The molecule has 2 rings (SSSR count). The van der Waals surface area contributed by atoms with E-state index < -0.39 is 0 Å². The monoisotopic (exact) mass is 280 g/mol. The average Bonchev–Trinajstić information content (AvgIpc) is 2.86. The zero-order valence-corrected chi connectivity index (χ0v) is 11.8. The summed E-state index contributed by atoms with van der Waals surface area (Å²) in [5.41, 5.74) is 3.49. The number of halogens is 1. The van der Waals surface area contributed by atoms with Gasteiger partial charge in [-0.3, -0.25) is 0 Å². The molecule has 0 atom stereocenters. The number of ether oxygens (including phenoxy) is 1. The Hall–Kier alpha value is -1.46. The lowest BCUT2D eigenvalue weighted by molar-refractivity contribution is 0.300. The maximum absolute atomic E-state index is 13.5. The summed E-state index contributed by atoms with van der Waals surface area (Å²) in [5.74, 6) is 0.255. The van der Waals surface area contributed by atoms with Crippen molar-refractivity contribution in [1.82, 2.24) is 10.3 Å². The molecular formula is C14H17FN2OS. The van der Waals surface area contributed by atoms with E-state index in [0.717, 1.165) is 11.3 Å². The van der Waals surface area contributed by atoms with Gasteiger partial charge in [-0.15, -0.1) is 11.3 Å². The Balaban J connectivity index is 1.99. The molecule has 1 N–H and O–H groups in total. The molecule has 0 spiro atoms. The Kier molecular flexibility index (Phi) is 4.87. The van der Waals surface area contributed by atoms with Crippen LogP contribution in [-0.4, -0.2) is 11.0 Å². The number of rotatable bonds is 6. The second-order valence-electron chi connectivity index (χ2n) is 4.60.